The predicted molar refractivity (Wildman–Crippen MR) is 43.2 cm³/mol. The van der Waals surface area contributed by atoms with Gasteiger partial charge in [0.1, 0.15) is 6.17 Å². The lowest BCUT2D eigenvalue weighted by atomic mass is 9.87. The smallest absolute Gasteiger partial charge is 0.128 e. The van der Waals surface area contributed by atoms with E-state index < -0.39 is 11.8 Å². The Morgan fingerprint density at radius 3 is 2.64 bits per heavy atom. The third-order valence-corrected chi connectivity index (χ3v) is 2.57. The normalized spacial score (nSPS) is 41.2. The minimum atomic E-state index is -1.06. The van der Waals surface area contributed by atoms with Crippen LogP contribution in [0.2, 0.25) is 0 Å². The van der Waals surface area contributed by atoms with Gasteiger partial charge < -0.3 is 5.11 Å². The molecule has 1 nitrogen and oxygen atoms in total. The molecule has 1 saturated carbocycles. The average molecular weight is 160 g/mol. The molecular weight excluding hydrogens is 143 g/mol. The van der Waals surface area contributed by atoms with Gasteiger partial charge in [0, 0.05) is 0 Å². The van der Waals surface area contributed by atoms with Crippen molar-refractivity contribution in [2.45, 2.75) is 57.2 Å². The average Bonchev–Trinajstić information content (AvgIpc) is 1.93. The van der Waals surface area contributed by atoms with Crippen LogP contribution in [0.5, 0.6) is 0 Å². The van der Waals surface area contributed by atoms with Crippen LogP contribution in [0.3, 0.4) is 0 Å². The first-order valence-electron chi connectivity index (χ1n) is 4.49. The van der Waals surface area contributed by atoms with Gasteiger partial charge in [0.2, 0.25) is 0 Å². The third-order valence-electron chi connectivity index (χ3n) is 2.57. The zero-order valence-corrected chi connectivity index (χ0v) is 7.15. The summed E-state index contributed by atoms with van der Waals surface area (Å²) in [5, 5.41) is 9.57. The summed E-state index contributed by atoms with van der Waals surface area (Å²) in [6, 6.07) is 0. The summed E-state index contributed by atoms with van der Waals surface area (Å²) in [5.41, 5.74) is -1.06. The second-order valence-electron chi connectivity index (χ2n) is 3.78. The van der Waals surface area contributed by atoms with E-state index in [2.05, 4.69) is 0 Å². The van der Waals surface area contributed by atoms with Gasteiger partial charge in [-0.2, -0.15) is 0 Å². The minimum absolute atomic E-state index is 0.535. The molecule has 0 heterocycles. The van der Waals surface area contributed by atoms with E-state index in [-0.39, 0.29) is 0 Å². The number of halogens is 1. The van der Waals surface area contributed by atoms with Crippen LogP contribution in [0.15, 0.2) is 0 Å². The van der Waals surface area contributed by atoms with Gasteiger partial charge >= 0.3 is 0 Å². The van der Waals surface area contributed by atoms with Crippen LogP contribution in [-0.4, -0.2) is 16.9 Å². The van der Waals surface area contributed by atoms with Crippen molar-refractivity contribution in [3.05, 3.63) is 0 Å². The fraction of sp³-hybridized carbons (Fsp3) is 1.00. The summed E-state index contributed by atoms with van der Waals surface area (Å²) >= 11 is 0. The Balaban J connectivity index is 2.47. The van der Waals surface area contributed by atoms with Gasteiger partial charge in [0.15, 0.2) is 0 Å². The van der Waals surface area contributed by atoms with Crippen LogP contribution in [0.25, 0.3) is 0 Å². The van der Waals surface area contributed by atoms with Crippen LogP contribution in [0, 0.1) is 0 Å². The molecule has 0 aromatic carbocycles. The fourth-order valence-corrected chi connectivity index (χ4v) is 1.63. The molecule has 0 bridgehead atoms. The number of aliphatic hydroxyl groups is 1. The second-order valence-corrected chi connectivity index (χ2v) is 3.78. The molecule has 66 valence electrons. The zero-order chi connectivity index (χ0) is 8.32. The number of rotatable bonds is 0. The van der Waals surface area contributed by atoms with Crippen molar-refractivity contribution in [1.82, 2.24) is 0 Å². The van der Waals surface area contributed by atoms with Crippen LogP contribution >= 0.6 is 0 Å². The fourth-order valence-electron chi connectivity index (χ4n) is 1.63. The number of hydrogen-bond donors (Lipinski definition) is 1. The van der Waals surface area contributed by atoms with Crippen LogP contribution < -0.4 is 0 Å². The summed E-state index contributed by atoms with van der Waals surface area (Å²) < 4.78 is 13.2. The highest BCUT2D eigenvalue weighted by atomic mass is 19.1. The van der Waals surface area contributed by atoms with Gasteiger partial charge in [-0.1, -0.05) is 25.7 Å². The van der Waals surface area contributed by atoms with Crippen LogP contribution in [0.1, 0.15) is 45.4 Å². The van der Waals surface area contributed by atoms with Crippen LogP contribution in [-0.2, 0) is 0 Å². The zero-order valence-electron chi connectivity index (χ0n) is 7.15. The van der Waals surface area contributed by atoms with Gasteiger partial charge in [-0.05, 0) is 19.8 Å². The lowest BCUT2D eigenvalue weighted by Crippen LogP contribution is -2.36. The molecular formula is C9H17FO. The first-order valence-corrected chi connectivity index (χ1v) is 4.49. The van der Waals surface area contributed by atoms with Gasteiger partial charge in [-0.15, -0.1) is 0 Å². The Bertz CT molecular complexity index is 123. The highest BCUT2D eigenvalue weighted by Gasteiger charge is 2.31. The molecule has 0 amide bonds. The van der Waals surface area contributed by atoms with E-state index in [1.54, 1.807) is 6.92 Å². The third kappa shape index (κ3) is 2.44. The largest absolute Gasteiger partial charge is 0.387 e. The Kier molecular flexibility index (Phi) is 2.88. The van der Waals surface area contributed by atoms with E-state index in [1.165, 1.54) is 0 Å². The van der Waals surface area contributed by atoms with Gasteiger partial charge in [0.05, 0.1) is 5.60 Å². The Morgan fingerprint density at radius 1 is 1.27 bits per heavy atom. The molecule has 0 aromatic heterocycles. The van der Waals surface area contributed by atoms with Gasteiger partial charge in [-0.3, -0.25) is 0 Å². The molecule has 0 spiro atoms. The second kappa shape index (κ2) is 3.53. The van der Waals surface area contributed by atoms with E-state index in [0.717, 1.165) is 25.7 Å². The van der Waals surface area contributed by atoms with Crippen molar-refractivity contribution in [2.75, 3.05) is 0 Å². The molecule has 1 aliphatic carbocycles. The minimum Gasteiger partial charge on any atom is -0.387 e. The molecule has 0 saturated heterocycles. The molecule has 2 atom stereocenters. The topological polar surface area (TPSA) is 20.2 Å². The van der Waals surface area contributed by atoms with Crippen molar-refractivity contribution < 1.29 is 9.50 Å². The van der Waals surface area contributed by atoms with E-state index in [9.17, 15) is 9.50 Å². The summed E-state index contributed by atoms with van der Waals surface area (Å²) in [5.74, 6) is 0. The maximum absolute atomic E-state index is 13.2. The highest BCUT2D eigenvalue weighted by molar-refractivity contribution is 4.83. The van der Waals surface area contributed by atoms with Gasteiger partial charge in [-0.25, -0.2) is 4.39 Å². The maximum Gasteiger partial charge on any atom is 0.128 e. The van der Waals surface area contributed by atoms with Crippen molar-refractivity contribution in [2.24, 2.45) is 0 Å². The van der Waals surface area contributed by atoms with Crippen LogP contribution in [0.4, 0.5) is 4.39 Å². The molecule has 0 aliphatic heterocycles. The number of alkyl halides is 1. The highest BCUT2D eigenvalue weighted by Crippen LogP contribution is 2.28. The van der Waals surface area contributed by atoms with Crippen molar-refractivity contribution in [3.63, 3.8) is 0 Å². The molecule has 0 aromatic rings. The molecule has 1 fully saturated rings. The Morgan fingerprint density at radius 2 is 1.91 bits per heavy atom. The van der Waals surface area contributed by atoms with E-state index in [4.69, 9.17) is 0 Å². The van der Waals surface area contributed by atoms with Gasteiger partial charge in [0.25, 0.3) is 0 Å². The number of hydrogen-bond acceptors (Lipinski definition) is 1. The predicted octanol–water partition coefficient (Wildman–Crippen LogP) is 2.43. The molecule has 0 radical (unpaired) electrons. The summed E-state index contributed by atoms with van der Waals surface area (Å²) in [7, 11) is 0. The lowest BCUT2D eigenvalue weighted by Gasteiger charge is -2.29. The standard InChI is InChI=1S/C9H17FO/c1-9(11)7-5-3-2-4-6-8(9)10/h8,11H,2-7H2,1H3. The SMILES string of the molecule is CC1(O)CCCCCCC1F. The summed E-state index contributed by atoms with van der Waals surface area (Å²) in [6.07, 6.45) is 4.30. The lowest BCUT2D eigenvalue weighted by molar-refractivity contribution is -0.0358. The molecule has 1 aliphatic rings. The van der Waals surface area contributed by atoms with E-state index in [0.29, 0.717) is 12.8 Å². The van der Waals surface area contributed by atoms with E-state index in [1.807, 2.05) is 0 Å². The summed E-state index contributed by atoms with van der Waals surface area (Å²) in [6.45, 7) is 1.61. The Labute approximate surface area is 67.6 Å². The monoisotopic (exact) mass is 160 g/mol. The van der Waals surface area contributed by atoms with Crippen molar-refractivity contribution in [3.8, 4) is 0 Å². The first kappa shape index (κ1) is 8.98. The molecule has 1 N–H and O–H groups in total. The first-order chi connectivity index (χ1) is 5.13. The quantitative estimate of drug-likeness (QED) is 0.577. The molecule has 2 heteroatoms. The molecule has 11 heavy (non-hydrogen) atoms. The Hall–Kier alpha value is -0.110. The van der Waals surface area contributed by atoms with E-state index >= 15 is 0 Å². The summed E-state index contributed by atoms with van der Waals surface area (Å²) in [4.78, 5) is 0. The maximum atomic E-state index is 13.2. The van der Waals surface area contributed by atoms with Crippen molar-refractivity contribution in [1.29, 1.82) is 0 Å². The molecule has 1 rings (SSSR count). The molecule has 2 unspecified atom stereocenters. The van der Waals surface area contributed by atoms with Crippen molar-refractivity contribution >= 4 is 0 Å².